The van der Waals surface area contributed by atoms with Crippen molar-refractivity contribution < 1.29 is 9.90 Å². The smallest absolute Gasteiger partial charge is 0.306 e. The second-order valence-corrected chi connectivity index (χ2v) is 5.18. The summed E-state index contributed by atoms with van der Waals surface area (Å²) in [4.78, 5) is 11.2. The highest BCUT2D eigenvalue weighted by Gasteiger charge is 2.30. The molecular weight excluding hydrogens is 212 g/mol. The van der Waals surface area contributed by atoms with Gasteiger partial charge in [-0.2, -0.15) is 0 Å². The molecule has 1 aromatic carbocycles. The summed E-state index contributed by atoms with van der Waals surface area (Å²) in [6, 6.07) is 8.47. The lowest BCUT2D eigenvalue weighted by molar-refractivity contribution is -0.144. The van der Waals surface area contributed by atoms with E-state index in [0.717, 1.165) is 25.7 Å². The highest BCUT2D eigenvalue weighted by molar-refractivity contribution is 5.70. The molecule has 0 amide bonds. The first-order chi connectivity index (χ1) is 8.16. The molecule has 2 rings (SSSR count). The predicted molar refractivity (Wildman–Crippen MR) is 68.0 cm³/mol. The van der Waals surface area contributed by atoms with Crippen LogP contribution in [0.25, 0.3) is 0 Å². The van der Waals surface area contributed by atoms with E-state index in [1.165, 1.54) is 17.5 Å². The molecule has 2 heteroatoms. The summed E-state index contributed by atoms with van der Waals surface area (Å²) < 4.78 is 0. The van der Waals surface area contributed by atoms with Crippen molar-refractivity contribution in [1.29, 1.82) is 0 Å². The maximum absolute atomic E-state index is 11.2. The second-order valence-electron chi connectivity index (χ2n) is 5.18. The molecule has 1 aliphatic rings. The molecule has 0 heterocycles. The molecule has 0 bridgehead atoms. The van der Waals surface area contributed by atoms with Crippen LogP contribution in [0.5, 0.6) is 0 Å². The highest BCUT2D eigenvalue weighted by Crippen LogP contribution is 2.32. The van der Waals surface area contributed by atoms with Crippen molar-refractivity contribution in [2.45, 2.75) is 39.0 Å². The van der Waals surface area contributed by atoms with E-state index in [1.54, 1.807) is 0 Å². The van der Waals surface area contributed by atoms with Gasteiger partial charge in [0.25, 0.3) is 0 Å². The maximum Gasteiger partial charge on any atom is 0.306 e. The first kappa shape index (κ1) is 12.2. The lowest BCUT2D eigenvalue weighted by Crippen LogP contribution is -2.28. The Morgan fingerprint density at radius 1 is 1.24 bits per heavy atom. The van der Waals surface area contributed by atoms with Crippen molar-refractivity contribution in [1.82, 2.24) is 0 Å². The van der Waals surface area contributed by atoms with Crippen LogP contribution in [0, 0.1) is 18.8 Å². The Hall–Kier alpha value is -1.31. The van der Waals surface area contributed by atoms with Crippen molar-refractivity contribution in [3.05, 3.63) is 35.4 Å². The van der Waals surface area contributed by atoms with Crippen molar-refractivity contribution in [3.8, 4) is 0 Å². The number of aryl methyl sites for hydroxylation is 1. The topological polar surface area (TPSA) is 37.3 Å². The van der Waals surface area contributed by atoms with E-state index >= 15 is 0 Å². The zero-order chi connectivity index (χ0) is 12.3. The predicted octanol–water partition coefficient (Wildman–Crippen LogP) is 3.43. The third-order valence-electron chi connectivity index (χ3n) is 3.84. The molecule has 0 aromatic heterocycles. The molecule has 0 unspecified atom stereocenters. The van der Waals surface area contributed by atoms with Gasteiger partial charge in [0, 0.05) is 0 Å². The van der Waals surface area contributed by atoms with Crippen LogP contribution in [-0.4, -0.2) is 11.1 Å². The van der Waals surface area contributed by atoms with Crippen LogP contribution in [0.4, 0.5) is 0 Å². The molecule has 2 atom stereocenters. The first-order valence-corrected chi connectivity index (χ1v) is 6.45. The molecule has 92 valence electrons. The Bertz CT molecular complexity index is 380. The average Bonchev–Trinajstić information content (AvgIpc) is 2.32. The molecule has 1 N–H and O–H groups in total. The van der Waals surface area contributed by atoms with Gasteiger partial charge < -0.3 is 5.11 Å². The Morgan fingerprint density at radius 3 is 2.53 bits per heavy atom. The normalized spacial score (nSPS) is 24.5. The van der Waals surface area contributed by atoms with Crippen LogP contribution < -0.4 is 0 Å². The summed E-state index contributed by atoms with van der Waals surface area (Å²) in [6.45, 7) is 2.07. The maximum atomic E-state index is 11.2. The van der Waals surface area contributed by atoms with E-state index in [9.17, 15) is 9.90 Å². The van der Waals surface area contributed by atoms with Crippen LogP contribution in [0.2, 0.25) is 0 Å². The minimum atomic E-state index is -0.609. The van der Waals surface area contributed by atoms with E-state index in [0.29, 0.717) is 5.92 Å². The fraction of sp³-hybridized carbons (Fsp3) is 0.533. The molecule has 1 aromatic rings. The standard InChI is InChI=1S/C15H20O2/c1-11-6-8-12(9-7-11)10-13-4-2-3-5-14(13)15(16)17/h6-9,13-14H,2-5,10H2,1H3,(H,16,17)/t13-,14+/m0/s1. The number of hydrogen-bond acceptors (Lipinski definition) is 1. The lowest BCUT2D eigenvalue weighted by Gasteiger charge is -2.28. The zero-order valence-electron chi connectivity index (χ0n) is 10.4. The van der Waals surface area contributed by atoms with E-state index in [1.807, 2.05) is 0 Å². The van der Waals surface area contributed by atoms with Gasteiger partial charge in [0.05, 0.1) is 5.92 Å². The number of hydrogen-bond donors (Lipinski definition) is 1. The Morgan fingerprint density at radius 2 is 1.88 bits per heavy atom. The molecule has 1 aliphatic carbocycles. The summed E-state index contributed by atoms with van der Waals surface area (Å²) >= 11 is 0. The quantitative estimate of drug-likeness (QED) is 0.867. The Balaban J connectivity index is 2.05. The molecule has 2 nitrogen and oxygen atoms in total. The van der Waals surface area contributed by atoms with Crippen molar-refractivity contribution in [2.75, 3.05) is 0 Å². The van der Waals surface area contributed by atoms with E-state index in [2.05, 4.69) is 31.2 Å². The second kappa shape index (κ2) is 5.35. The van der Waals surface area contributed by atoms with Gasteiger partial charge >= 0.3 is 5.97 Å². The van der Waals surface area contributed by atoms with Gasteiger partial charge in [0.1, 0.15) is 0 Å². The summed E-state index contributed by atoms with van der Waals surface area (Å²) in [5.41, 5.74) is 2.53. The number of carboxylic acid groups (broad SMARTS) is 1. The van der Waals surface area contributed by atoms with Crippen LogP contribution >= 0.6 is 0 Å². The highest BCUT2D eigenvalue weighted by atomic mass is 16.4. The lowest BCUT2D eigenvalue weighted by atomic mass is 9.76. The molecular formula is C15H20O2. The molecule has 0 aliphatic heterocycles. The minimum Gasteiger partial charge on any atom is -0.481 e. The van der Waals surface area contributed by atoms with Crippen LogP contribution in [0.15, 0.2) is 24.3 Å². The molecule has 0 saturated heterocycles. The Kier molecular flexibility index (Phi) is 3.82. The van der Waals surface area contributed by atoms with Gasteiger partial charge in [0.15, 0.2) is 0 Å². The molecule has 1 fully saturated rings. The van der Waals surface area contributed by atoms with Gasteiger partial charge in [-0.15, -0.1) is 0 Å². The van der Waals surface area contributed by atoms with Crippen LogP contribution in [0.1, 0.15) is 36.8 Å². The third-order valence-corrected chi connectivity index (χ3v) is 3.84. The largest absolute Gasteiger partial charge is 0.481 e. The van der Waals surface area contributed by atoms with Gasteiger partial charge in [-0.3, -0.25) is 4.79 Å². The van der Waals surface area contributed by atoms with Crippen LogP contribution in [-0.2, 0) is 11.2 Å². The summed E-state index contributed by atoms with van der Waals surface area (Å²) in [6.07, 6.45) is 5.08. The van der Waals surface area contributed by atoms with Gasteiger partial charge in [-0.1, -0.05) is 42.7 Å². The summed E-state index contributed by atoms with van der Waals surface area (Å²) in [7, 11) is 0. The monoisotopic (exact) mass is 232 g/mol. The fourth-order valence-electron chi connectivity index (χ4n) is 2.80. The van der Waals surface area contributed by atoms with E-state index in [-0.39, 0.29) is 5.92 Å². The average molecular weight is 232 g/mol. The van der Waals surface area contributed by atoms with Crippen molar-refractivity contribution in [2.24, 2.45) is 11.8 Å². The number of aliphatic carboxylic acids is 1. The molecule has 17 heavy (non-hydrogen) atoms. The number of benzene rings is 1. The third kappa shape index (κ3) is 3.09. The number of carboxylic acids is 1. The van der Waals surface area contributed by atoms with Gasteiger partial charge in [-0.25, -0.2) is 0 Å². The van der Waals surface area contributed by atoms with Gasteiger partial charge in [0.2, 0.25) is 0 Å². The minimum absolute atomic E-state index is 0.134. The SMILES string of the molecule is Cc1ccc(C[C@@H]2CCCC[C@H]2C(=O)O)cc1. The summed E-state index contributed by atoms with van der Waals surface area (Å²) in [5, 5.41) is 9.23. The first-order valence-electron chi connectivity index (χ1n) is 6.45. The van der Waals surface area contributed by atoms with E-state index < -0.39 is 5.97 Å². The molecule has 1 saturated carbocycles. The summed E-state index contributed by atoms with van der Waals surface area (Å²) in [5.74, 6) is -0.421. The number of rotatable bonds is 3. The number of carbonyl (C=O) groups is 1. The van der Waals surface area contributed by atoms with E-state index in [4.69, 9.17) is 0 Å². The Labute approximate surface area is 103 Å². The molecule has 0 radical (unpaired) electrons. The fourth-order valence-corrected chi connectivity index (χ4v) is 2.80. The van der Waals surface area contributed by atoms with Crippen LogP contribution in [0.3, 0.4) is 0 Å². The van der Waals surface area contributed by atoms with Gasteiger partial charge in [-0.05, 0) is 37.7 Å². The zero-order valence-corrected chi connectivity index (χ0v) is 10.4. The van der Waals surface area contributed by atoms with Crippen molar-refractivity contribution >= 4 is 5.97 Å². The van der Waals surface area contributed by atoms with Crippen molar-refractivity contribution in [3.63, 3.8) is 0 Å². The molecule has 0 spiro atoms.